The van der Waals surface area contributed by atoms with Gasteiger partial charge in [0.15, 0.2) is 0 Å². The number of H-pyrrole nitrogens is 1. The topological polar surface area (TPSA) is 36.0 Å². The Bertz CT molecular complexity index is 489. The van der Waals surface area contributed by atoms with Crippen molar-refractivity contribution < 1.29 is 5.11 Å². The molecule has 1 heterocycles. The van der Waals surface area contributed by atoms with Crippen LogP contribution < -0.4 is 0 Å². The van der Waals surface area contributed by atoms with Gasteiger partial charge in [-0.25, -0.2) is 0 Å². The SMILES string of the molecule is OCc1ccc2c(=S)cc[nH]c2c1. The second kappa shape index (κ2) is 3.28. The molecule has 0 fully saturated rings. The van der Waals surface area contributed by atoms with Gasteiger partial charge in [-0.15, -0.1) is 0 Å². The molecular formula is C10H9NOS. The maximum atomic E-state index is 8.93. The largest absolute Gasteiger partial charge is 0.392 e. The minimum atomic E-state index is 0.0609. The third kappa shape index (κ3) is 1.48. The summed E-state index contributed by atoms with van der Waals surface area (Å²) in [5, 5.41) is 9.95. The van der Waals surface area contributed by atoms with Crippen LogP contribution in [0.5, 0.6) is 0 Å². The molecule has 0 unspecified atom stereocenters. The van der Waals surface area contributed by atoms with Crippen molar-refractivity contribution in [2.24, 2.45) is 0 Å². The number of aromatic amines is 1. The third-order valence-electron chi connectivity index (χ3n) is 2.01. The second-order valence-corrected chi connectivity index (χ2v) is 3.32. The van der Waals surface area contributed by atoms with E-state index in [1.165, 1.54) is 0 Å². The highest BCUT2D eigenvalue weighted by molar-refractivity contribution is 7.71. The molecule has 2 N–H and O–H groups in total. The number of hydrogen-bond acceptors (Lipinski definition) is 2. The Morgan fingerprint density at radius 3 is 2.92 bits per heavy atom. The third-order valence-corrected chi connectivity index (χ3v) is 2.36. The number of fused-ring (bicyclic) bond motifs is 1. The molecule has 2 nitrogen and oxygen atoms in total. The quantitative estimate of drug-likeness (QED) is 0.679. The van der Waals surface area contributed by atoms with E-state index in [4.69, 9.17) is 17.3 Å². The Hall–Kier alpha value is -1.19. The zero-order valence-corrected chi connectivity index (χ0v) is 7.77. The van der Waals surface area contributed by atoms with Crippen LogP contribution in [0.3, 0.4) is 0 Å². The number of aliphatic hydroxyl groups excluding tert-OH is 1. The fourth-order valence-corrected chi connectivity index (χ4v) is 1.57. The number of nitrogens with one attached hydrogen (secondary N) is 1. The van der Waals surface area contributed by atoms with Gasteiger partial charge in [0, 0.05) is 21.6 Å². The lowest BCUT2D eigenvalue weighted by molar-refractivity contribution is 0.282. The van der Waals surface area contributed by atoms with Gasteiger partial charge in [0.2, 0.25) is 0 Å². The van der Waals surface area contributed by atoms with Gasteiger partial charge in [-0.2, -0.15) is 0 Å². The van der Waals surface area contributed by atoms with E-state index in [1.54, 1.807) is 0 Å². The molecule has 2 aromatic rings. The van der Waals surface area contributed by atoms with Crippen LogP contribution in [0.1, 0.15) is 5.56 Å². The fraction of sp³-hybridized carbons (Fsp3) is 0.100. The molecule has 0 bridgehead atoms. The zero-order chi connectivity index (χ0) is 9.26. The van der Waals surface area contributed by atoms with Crippen molar-refractivity contribution in [1.82, 2.24) is 4.98 Å². The van der Waals surface area contributed by atoms with Crippen LogP contribution in [0.15, 0.2) is 30.5 Å². The van der Waals surface area contributed by atoms with Gasteiger partial charge >= 0.3 is 0 Å². The van der Waals surface area contributed by atoms with Crippen molar-refractivity contribution >= 4 is 23.1 Å². The maximum Gasteiger partial charge on any atom is 0.0682 e. The van der Waals surface area contributed by atoms with E-state index in [1.807, 2.05) is 30.5 Å². The highest BCUT2D eigenvalue weighted by Gasteiger charge is 1.95. The first-order valence-electron chi connectivity index (χ1n) is 4.02. The molecule has 0 saturated carbocycles. The maximum absolute atomic E-state index is 8.93. The minimum absolute atomic E-state index is 0.0609. The van der Waals surface area contributed by atoms with Crippen LogP contribution in [0, 0.1) is 4.51 Å². The molecule has 0 radical (unpaired) electrons. The summed E-state index contributed by atoms with van der Waals surface area (Å²) in [6, 6.07) is 7.58. The lowest BCUT2D eigenvalue weighted by Crippen LogP contribution is -1.84. The molecule has 13 heavy (non-hydrogen) atoms. The molecule has 0 aliphatic rings. The molecule has 2 rings (SSSR count). The lowest BCUT2D eigenvalue weighted by atomic mass is 10.1. The average molecular weight is 191 g/mol. The van der Waals surface area contributed by atoms with Crippen LogP contribution in [0.25, 0.3) is 10.9 Å². The molecular weight excluding hydrogens is 182 g/mol. The van der Waals surface area contributed by atoms with Gasteiger partial charge in [-0.3, -0.25) is 0 Å². The number of hydrogen-bond donors (Lipinski definition) is 2. The Labute approximate surface area is 80.9 Å². The highest BCUT2D eigenvalue weighted by atomic mass is 32.1. The molecule has 0 aliphatic carbocycles. The molecule has 1 aromatic heterocycles. The Morgan fingerprint density at radius 1 is 1.31 bits per heavy atom. The molecule has 0 aliphatic heterocycles. The molecule has 0 amide bonds. The Morgan fingerprint density at radius 2 is 2.15 bits per heavy atom. The van der Waals surface area contributed by atoms with Gasteiger partial charge in [0.25, 0.3) is 0 Å². The van der Waals surface area contributed by atoms with Crippen molar-refractivity contribution in [3.05, 3.63) is 40.5 Å². The van der Waals surface area contributed by atoms with Crippen molar-refractivity contribution in [3.8, 4) is 0 Å². The van der Waals surface area contributed by atoms with Crippen LogP contribution in [0.4, 0.5) is 0 Å². The smallest absolute Gasteiger partial charge is 0.0682 e. The number of aliphatic hydroxyl groups is 1. The molecule has 3 heteroatoms. The van der Waals surface area contributed by atoms with Crippen molar-refractivity contribution in [2.45, 2.75) is 6.61 Å². The summed E-state index contributed by atoms with van der Waals surface area (Å²) < 4.78 is 0.832. The summed E-state index contributed by atoms with van der Waals surface area (Å²) in [7, 11) is 0. The van der Waals surface area contributed by atoms with Crippen molar-refractivity contribution in [1.29, 1.82) is 0 Å². The first kappa shape index (κ1) is 8.41. The Kier molecular flexibility index (Phi) is 2.12. The molecule has 0 saturated heterocycles. The fourth-order valence-electron chi connectivity index (χ4n) is 1.32. The van der Waals surface area contributed by atoms with Crippen molar-refractivity contribution in [3.63, 3.8) is 0 Å². The summed E-state index contributed by atoms with van der Waals surface area (Å²) >= 11 is 5.15. The predicted molar refractivity (Wildman–Crippen MR) is 55.1 cm³/mol. The molecule has 1 aromatic carbocycles. The number of pyridine rings is 1. The van der Waals surface area contributed by atoms with Crippen LogP contribution in [-0.2, 0) is 6.61 Å². The highest BCUT2D eigenvalue weighted by Crippen LogP contribution is 2.14. The number of aromatic nitrogens is 1. The first-order chi connectivity index (χ1) is 6.31. The van der Waals surface area contributed by atoms with Gasteiger partial charge in [-0.1, -0.05) is 24.4 Å². The predicted octanol–water partition coefficient (Wildman–Crippen LogP) is 2.39. The van der Waals surface area contributed by atoms with E-state index in [-0.39, 0.29) is 6.61 Å². The van der Waals surface area contributed by atoms with E-state index in [0.717, 1.165) is 21.0 Å². The molecule has 0 spiro atoms. The monoisotopic (exact) mass is 191 g/mol. The number of benzene rings is 1. The normalized spacial score (nSPS) is 10.5. The van der Waals surface area contributed by atoms with Gasteiger partial charge < -0.3 is 10.1 Å². The van der Waals surface area contributed by atoms with Crippen LogP contribution in [0.2, 0.25) is 0 Å². The van der Waals surface area contributed by atoms with Gasteiger partial charge in [0.05, 0.1) is 6.61 Å². The van der Waals surface area contributed by atoms with E-state index < -0.39 is 0 Å². The van der Waals surface area contributed by atoms with Gasteiger partial charge in [0.1, 0.15) is 0 Å². The van der Waals surface area contributed by atoms with E-state index >= 15 is 0 Å². The second-order valence-electron chi connectivity index (χ2n) is 2.88. The summed E-state index contributed by atoms with van der Waals surface area (Å²) in [4.78, 5) is 3.09. The van der Waals surface area contributed by atoms with Crippen LogP contribution >= 0.6 is 12.2 Å². The standard InChI is InChI=1S/C10H9NOS/c12-6-7-1-2-8-9(5-7)11-4-3-10(8)13/h1-5,12H,6H2,(H,11,13). The average Bonchev–Trinajstić information content (AvgIpc) is 2.18. The zero-order valence-electron chi connectivity index (χ0n) is 6.95. The lowest BCUT2D eigenvalue weighted by Gasteiger charge is -2.00. The first-order valence-corrected chi connectivity index (χ1v) is 4.43. The summed E-state index contributed by atoms with van der Waals surface area (Å²) in [5.74, 6) is 0. The minimum Gasteiger partial charge on any atom is -0.392 e. The Balaban J connectivity index is 2.80. The van der Waals surface area contributed by atoms with Gasteiger partial charge in [-0.05, 0) is 17.7 Å². The van der Waals surface area contributed by atoms with Crippen LogP contribution in [-0.4, -0.2) is 10.1 Å². The summed E-state index contributed by atoms with van der Waals surface area (Å²) in [6.07, 6.45) is 1.81. The molecule has 66 valence electrons. The summed E-state index contributed by atoms with van der Waals surface area (Å²) in [5.41, 5.74) is 1.86. The summed E-state index contributed by atoms with van der Waals surface area (Å²) in [6.45, 7) is 0.0609. The number of rotatable bonds is 1. The van der Waals surface area contributed by atoms with E-state index in [9.17, 15) is 0 Å². The van der Waals surface area contributed by atoms with E-state index in [2.05, 4.69) is 4.98 Å². The molecule has 0 atom stereocenters. The van der Waals surface area contributed by atoms with E-state index in [0.29, 0.717) is 0 Å². The van der Waals surface area contributed by atoms with Crippen molar-refractivity contribution in [2.75, 3.05) is 0 Å².